The van der Waals surface area contributed by atoms with Crippen LogP contribution < -0.4 is 15.4 Å². The Morgan fingerprint density at radius 1 is 1.03 bits per heavy atom. The minimum absolute atomic E-state index is 0.0324. The van der Waals surface area contributed by atoms with E-state index in [1.165, 1.54) is 12.8 Å². The van der Waals surface area contributed by atoms with Gasteiger partial charge in [-0.25, -0.2) is 0 Å². The molecule has 0 aliphatic carbocycles. The smallest absolute Gasteiger partial charge is 0.265 e. The Hall–Kier alpha value is -3.35. The van der Waals surface area contributed by atoms with E-state index in [9.17, 15) is 14.4 Å². The number of carbonyl (C=O) groups is 3. The Kier molecular flexibility index (Phi) is 5.70. The molecule has 2 aliphatic rings. The van der Waals surface area contributed by atoms with Crippen molar-refractivity contribution in [1.29, 1.82) is 0 Å². The number of benzene rings is 2. The fraction of sp³-hybridized carbons (Fsp3) is 0.348. The third-order valence-corrected chi connectivity index (χ3v) is 5.46. The number of para-hydroxylation sites is 1. The molecule has 2 aliphatic heterocycles. The maximum absolute atomic E-state index is 12.8. The van der Waals surface area contributed by atoms with Gasteiger partial charge in [0.25, 0.3) is 17.7 Å². The molecule has 0 radical (unpaired) electrons. The first-order valence-corrected chi connectivity index (χ1v) is 10.3. The second-order valence-electron chi connectivity index (χ2n) is 7.67. The van der Waals surface area contributed by atoms with E-state index in [-0.39, 0.29) is 17.7 Å². The van der Waals surface area contributed by atoms with E-state index < -0.39 is 6.10 Å². The highest BCUT2D eigenvalue weighted by molar-refractivity contribution is 6.09. The first-order chi connectivity index (χ1) is 14.5. The molecule has 30 heavy (non-hydrogen) atoms. The van der Waals surface area contributed by atoms with E-state index >= 15 is 0 Å². The first-order valence-electron chi connectivity index (χ1n) is 10.3. The normalized spacial score (nSPS) is 18.5. The molecule has 2 aromatic rings. The number of fused-ring (bicyclic) bond motifs is 1. The van der Waals surface area contributed by atoms with Gasteiger partial charge in [0.05, 0.1) is 11.3 Å². The zero-order valence-corrected chi connectivity index (χ0v) is 16.9. The largest absolute Gasteiger partial charge is 0.478 e. The second kappa shape index (κ2) is 8.57. The summed E-state index contributed by atoms with van der Waals surface area (Å²) in [5.41, 5.74) is 2.01. The molecule has 1 fully saturated rings. The van der Waals surface area contributed by atoms with Crippen LogP contribution in [0.5, 0.6) is 5.75 Å². The van der Waals surface area contributed by atoms with Crippen LogP contribution in [0.4, 0.5) is 11.4 Å². The van der Waals surface area contributed by atoms with Gasteiger partial charge in [-0.2, -0.15) is 0 Å². The summed E-state index contributed by atoms with van der Waals surface area (Å²) in [6, 6.07) is 12.0. The molecule has 0 saturated carbocycles. The van der Waals surface area contributed by atoms with Crippen LogP contribution in [0.15, 0.2) is 42.5 Å². The maximum Gasteiger partial charge on any atom is 0.265 e. The molecule has 156 valence electrons. The number of anilines is 2. The van der Waals surface area contributed by atoms with Gasteiger partial charge in [-0.3, -0.25) is 14.4 Å². The highest BCUT2D eigenvalue weighted by Gasteiger charge is 2.27. The summed E-state index contributed by atoms with van der Waals surface area (Å²) in [6.45, 7) is 3.23. The van der Waals surface area contributed by atoms with Crippen molar-refractivity contribution in [2.24, 2.45) is 0 Å². The molecule has 1 atom stereocenters. The Morgan fingerprint density at radius 2 is 1.73 bits per heavy atom. The van der Waals surface area contributed by atoms with Gasteiger partial charge >= 0.3 is 0 Å². The van der Waals surface area contributed by atoms with Crippen molar-refractivity contribution < 1.29 is 19.1 Å². The molecular formula is C23H25N3O4. The van der Waals surface area contributed by atoms with Crippen LogP contribution in [-0.4, -0.2) is 41.8 Å². The number of nitrogens with one attached hydrogen (secondary N) is 2. The number of hydrogen-bond donors (Lipinski definition) is 2. The highest BCUT2D eigenvalue weighted by atomic mass is 16.5. The lowest BCUT2D eigenvalue weighted by Gasteiger charge is -2.25. The van der Waals surface area contributed by atoms with Gasteiger partial charge in [0, 0.05) is 24.3 Å². The summed E-state index contributed by atoms with van der Waals surface area (Å²) >= 11 is 0. The summed E-state index contributed by atoms with van der Waals surface area (Å²) in [7, 11) is 0. The molecule has 1 unspecified atom stereocenters. The van der Waals surface area contributed by atoms with Crippen LogP contribution in [0.1, 0.15) is 53.3 Å². The molecule has 0 bridgehead atoms. The zero-order chi connectivity index (χ0) is 21.1. The second-order valence-corrected chi connectivity index (χ2v) is 7.67. The van der Waals surface area contributed by atoms with Gasteiger partial charge in [0.15, 0.2) is 11.9 Å². The summed E-state index contributed by atoms with van der Waals surface area (Å²) < 4.78 is 5.64. The fourth-order valence-electron chi connectivity index (χ4n) is 3.76. The minimum atomic E-state index is -0.671. The number of amides is 3. The summed E-state index contributed by atoms with van der Waals surface area (Å²) in [4.78, 5) is 39.2. The average Bonchev–Trinajstić information content (AvgIpc) is 3.04. The van der Waals surface area contributed by atoms with Crippen LogP contribution in [-0.2, 0) is 4.79 Å². The maximum atomic E-state index is 12.8. The fourth-order valence-corrected chi connectivity index (χ4v) is 3.76. The zero-order valence-electron chi connectivity index (χ0n) is 16.9. The van der Waals surface area contributed by atoms with Crippen molar-refractivity contribution in [2.45, 2.75) is 38.7 Å². The number of hydrogen-bond acceptors (Lipinski definition) is 4. The van der Waals surface area contributed by atoms with E-state index in [1.807, 2.05) is 4.90 Å². The van der Waals surface area contributed by atoms with Crippen LogP contribution >= 0.6 is 0 Å². The summed E-state index contributed by atoms with van der Waals surface area (Å²) in [5.74, 6) is -0.202. The van der Waals surface area contributed by atoms with E-state index in [2.05, 4.69) is 10.6 Å². The lowest BCUT2D eigenvalue weighted by Crippen LogP contribution is -2.35. The van der Waals surface area contributed by atoms with Gasteiger partial charge in [-0.05, 0) is 56.2 Å². The Morgan fingerprint density at radius 3 is 2.43 bits per heavy atom. The monoisotopic (exact) mass is 407 g/mol. The van der Waals surface area contributed by atoms with Gasteiger partial charge < -0.3 is 20.3 Å². The van der Waals surface area contributed by atoms with Crippen molar-refractivity contribution in [2.75, 3.05) is 23.7 Å². The van der Waals surface area contributed by atoms with Crippen LogP contribution in [0, 0.1) is 0 Å². The number of likely N-dealkylation sites (tertiary alicyclic amines) is 1. The molecule has 7 heteroatoms. The summed E-state index contributed by atoms with van der Waals surface area (Å²) in [5, 5.41) is 5.57. The molecule has 7 nitrogen and oxygen atoms in total. The van der Waals surface area contributed by atoms with Crippen molar-refractivity contribution in [3.8, 4) is 5.75 Å². The van der Waals surface area contributed by atoms with Gasteiger partial charge in [-0.15, -0.1) is 0 Å². The lowest BCUT2D eigenvalue weighted by atomic mass is 10.1. The van der Waals surface area contributed by atoms with E-state index in [0.29, 0.717) is 28.3 Å². The highest BCUT2D eigenvalue weighted by Crippen LogP contribution is 2.33. The third kappa shape index (κ3) is 4.15. The molecule has 0 spiro atoms. The summed E-state index contributed by atoms with van der Waals surface area (Å²) in [6.07, 6.45) is 3.76. The predicted molar refractivity (Wildman–Crippen MR) is 114 cm³/mol. The Bertz CT molecular complexity index is 963. The standard InChI is InChI=1S/C23H25N3O4/c1-15-21(27)25-19-8-6-7-18(20(19)30-15)22(28)24-17-11-9-16(10-12-17)23(29)26-13-4-2-3-5-14-26/h6-12,15H,2-5,13-14H2,1H3,(H,24,28)(H,25,27). The molecule has 2 aromatic carbocycles. The van der Waals surface area contributed by atoms with Crippen molar-refractivity contribution in [1.82, 2.24) is 4.90 Å². The SMILES string of the molecule is CC1Oc2c(cccc2C(=O)Nc2ccc(C(=O)N3CCCCCC3)cc2)NC1=O. The van der Waals surface area contributed by atoms with Crippen molar-refractivity contribution in [3.63, 3.8) is 0 Å². The molecule has 4 rings (SSSR count). The third-order valence-electron chi connectivity index (χ3n) is 5.46. The van der Waals surface area contributed by atoms with E-state index in [0.717, 1.165) is 25.9 Å². The van der Waals surface area contributed by atoms with Crippen molar-refractivity contribution in [3.05, 3.63) is 53.6 Å². The predicted octanol–water partition coefficient (Wildman–Crippen LogP) is 3.67. The lowest BCUT2D eigenvalue weighted by molar-refractivity contribution is -0.122. The first kappa shape index (κ1) is 19.9. The van der Waals surface area contributed by atoms with E-state index in [4.69, 9.17) is 4.74 Å². The van der Waals surface area contributed by atoms with E-state index in [1.54, 1.807) is 49.4 Å². The topological polar surface area (TPSA) is 87.7 Å². The molecule has 3 amide bonds. The molecule has 0 aromatic heterocycles. The number of ether oxygens (including phenoxy) is 1. The molecule has 2 N–H and O–H groups in total. The number of carbonyl (C=O) groups excluding carboxylic acids is 3. The van der Waals surface area contributed by atoms with Crippen LogP contribution in [0.3, 0.4) is 0 Å². The van der Waals surface area contributed by atoms with Crippen molar-refractivity contribution >= 4 is 29.1 Å². The van der Waals surface area contributed by atoms with Gasteiger partial charge in [-0.1, -0.05) is 18.9 Å². The minimum Gasteiger partial charge on any atom is -0.478 e. The quantitative estimate of drug-likeness (QED) is 0.813. The Labute approximate surface area is 175 Å². The number of rotatable bonds is 3. The van der Waals surface area contributed by atoms with Crippen LogP contribution in [0.25, 0.3) is 0 Å². The molecule has 2 heterocycles. The number of nitrogens with zero attached hydrogens (tertiary/aromatic N) is 1. The molecule has 1 saturated heterocycles. The van der Waals surface area contributed by atoms with Gasteiger partial charge in [0.2, 0.25) is 0 Å². The Balaban J connectivity index is 1.46. The average molecular weight is 407 g/mol. The van der Waals surface area contributed by atoms with Crippen LogP contribution in [0.2, 0.25) is 0 Å². The van der Waals surface area contributed by atoms with Gasteiger partial charge in [0.1, 0.15) is 0 Å². The molecular weight excluding hydrogens is 382 g/mol.